The molecule has 22 heavy (non-hydrogen) atoms. The predicted molar refractivity (Wildman–Crippen MR) is 84.1 cm³/mol. The van der Waals surface area contributed by atoms with E-state index < -0.39 is 0 Å². The molecule has 4 nitrogen and oxygen atoms in total. The number of nitrogens with zero attached hydrogens (tertiary/aromatic N) is 1. The van der Waals surface area contributed by atoms with Crippen LogP contribution < -0.4 is 5.43 Å². The molecule has 110 valence electrons. The minimum absolute atomic E-state index is 0.158. The Morgan fingerprint density at radius 2 is 1.95 bits per heavy atom. The molecule has 1 heterocycles. The van der Waals surface area contributed by atoms with Crippen LogP contribution in [0.1, 0.15) is 11.1 Å². The number of benzene rings is 2. The molecule has 1 amide bonds. The van der Waals surface area contributed by atoms with Crippen LogP contribution in [0.3, 0.4) is 0 Å². The molecule has 0 radical (unpaired) electrons. The molecule has 0 fully saturated rings. The number of fused-ring (bicyclic) bond motifs is 1. The first-order valence-electron chi connectivity index (χ1n) is 6.85. The summed E-state index contributed by atoms with van der Waals surface area (Å²) in [7, 11) is 0. The van der Waals surface area contributed by atoms with E-state index in [4.69, 9.17) is 0 Å². The van der Waals surface area contributed by atoms with Gasteiger partial charge >= 0.3 is 0 Å². The summed E-state index contributed by atoms with van der Waals surface area (Å²) < 4.78 is 12.8. The lowest BCUT2D eigenvalue weighted by Crippen LogP contribution is -2.19. The molecule has 0 saturated heterocycles. The van der Waals surface area contributed by atoms with Crippen LogP contribution in [-0.2, 0) is 11.2 Å². The van der Waals surface area contributed by atoms with Gasteiger partial charge in [-0.05, 0) is 23.8 Å². The molecule has 5 heteroatoms. The fourth-order valence-corrected chi connectivity index (χ4v) is 2.20. The van der Waals surface area contributed by atoms with Gasteiger partial charge in [0.05, 0.1) is 12.6 Å². The second-order valence-electron chi connectivity index (χ2n) is 4.89. The van der Waals surface area contributed by atoms with Gasteiger partial charge in [0.25, 0.3) is 0 Å². The van der Waals surface area contributed by atoms with Crippen molar-refractivity contribution in [3.05, 3.63) is 71.7 Å². The van der Waals surface area contributed by atoms with Crippen LogP contribution in [0.4, 0.5) is 4.39 Å². The molecule has 2 aromatic carbocycles. The topological polar surface area (TPSA) is 57.2 Å². The third-order valence-electron chi connectivity index (χ3n) is 3.29. The van der Waals surface area contributed by atoms with E-state index in [0.717, 1.165) is 22.0 Å². The van der Waals surface area contributed by atoms with E-state index in [1.807, 2.05) is 30.5 Å². The number of aromatic nitrogens is 1. The summed E-state index contributed by atoms with van der Waals surface area (Å²) in [5.74, 6) is -0.566. The van der Waals surface area contributed by atoms with Gasteiger partial charge < -0.3 is 4.98 Å². The van der Waals surface area contributed by atoms with Gasteiger partial charge in [-0.25, -0.2) is 9.82 Å². The van der Waals surface area contributed by atoms with Gasteiger partial charge in [-0.15, -0.1) is 0 Å². The maximum absolute atomic E-state index is 12.8. The number of nitrogens with one attached hydrogen (secondary N) is 2. The van der Waals surface area contributed by atoms with Crippen LogP contribution in [-0.4, -0.2) is 17.1 Å². The standard InChI is InChI=1S/C17H14FN3O/c18-14-7-5-12(6-8-14)9-17(22)21-20-11-13-10-19-16-4-2-1-3-15(13)16/h1-8,10-11,19H,9H2,(H,21,22)/b20-11+. The van der Waals surface area contributed by atoms with Crippen LogP contribution >= 0.6 is 0 Å². The molecule has 0 unspecified atom stereocenters. The van der Waals surface area contributed by atoms with Gasteiger partial charge in [0.15, 0.2) is 0 Å². The number of hydrazone groups is 1. The van der Waals surface area contributed by atoms with E-state index in [9.17, 15) is 9.18 Å². The highest BCUT2D eigenvalue weighted by Gasteiger charge is 2.03. The van der Waals surface area contributed by atoms with E-state index in [2.05, 4.69) is 15.5 Å². The van der Waals surface area contributed by atoms with Crippen molar-refractivity contribution in [1.29, 1.82) is 0 Å². The van der Waals surface area contributed by atoms with Crippen LogP contribution in [0.15, 0.2) is 59.8 Å². The number of amides is 1. The monoisotopic (exact) mass is 295 g/mol. The van der Waals surface area contributed by atoms with Crippen molar-refractivity contribution in [3.8, 4) is 0 Å². The molecule has 0 aliphatic heterocycles. The number of para-hydroxylation sites is 1. The number of aromatic amines is 1. The van der Waals surface area contributed by atoms with Crippen molar-refractivity contribution in [3.63, 3.8) is 0 Å². The minimum atomic E-state index is -0.318. The van der Waals surface area contributed by atoms with Gasteiger partial charge in [-0.3, -0.25) is 4.79 Å². The zero-order chi connectivity index (χ0) is 15.4. The Bertz CT molecular complexity index is 821. The Kier molecular flexibility index (Phi) is 3.96. The van der Waals surface area contributed by atoms with E-state index in [1.165, 1.54) is 12.1 Å². The summed E-state index contributed by atoms with van der Waals surface area (Å²) in [5.41, 5.74) is 5.12. The molecule has 3 aromatic rings. The normalized spacial score (nSPS) is 11.1. The zero-order valence-electron chi connectivity index (χ0n) is 11.7. The smallest absolute Gasteiger partial charge is 0.244 e. The SMILES string of the molecule is O=C(Cc1ccc(F)cc1)N/N=C/c1c[nH]c2ccccc12. The summed E-state index contributed by atoms with van der Waals surface area (Å²) in [6, 6.07) is 13.7. The molecule has 0 aliphatic carbocycles. The molecule has 0 bridgehead atoms. The average molecular weight is 295 g/mol. The van der Waals surface area contributed by atoms with Crippen molar-refractivity contribution in [2.45, 2.75) is 6.42 Å². The molecule has 0 atom stereocenters. The second-order valence-corrected chi connectivity index (χ2v) is 4.89. The summed E-state index contributed by atoms with van der Waals surface area (Å²) in [6.45, 7) is 0. The van der Waals surface area contributed by atoms with Crippen molar-refractivity contribution in [2.75, 3.05) is 0 Å². The van der Waals surface area contributed by atoms with Crippen molar-refractivity contribution in [1.82, 2.24) is 10.4 Å². The molecule has 0 aliphatic rings. The molecular weight excluding hydrogens is 281 g/mol. The van der Waals surface area contributed by atoms with Gasteiger partial charge in [0.2, 0.25) is 5.91 Å². The Hall–Kier alpha value is -2.95. The fraction of sp³-hybridized carbons (Fsp3) is 0.0588. The maximum atomic E-state index is 12.8. The predicted octanol–water partition coefficient (Wildman–Crippen LogP) is 3.00. The molecule has 1 aromatic heterocycles. The lowest BCUT2D eigenvalue weighted by Gasteiger charge is -2.00. The van der Waals surface area contributed by atoms with E-state index >= 15 is 0 Å². The van der Waals surface area contributed by atoms with E-state index in [0.29, 0.717) is 0 Å². The first-order valence-corrected chi connectivity index (χ1v) is 6.85. The minimum Gasteiger partial charge on any atom is -0.361 e. The van der Waals surface area contributed by atoms with Crippen molar-refractivity contribution in [2.24, 2.45) is 5.10 Å². The van der Waals surface area contributed by atoms with Crippen LogP contribution in [0.5, 0.6) is 0 Å². The Labute approximate surface area is 126 Å². The highest BCUT2D eigenvalue weighted by Crippen LogP contribution is 2.15. The number of hydrogen-bond acceptors (Lipinski definition) is 2. The maximum Gasteiger partial charge on any atom is 0.244 e. The molecule has 2 N–H and O–H groups in total. The van der Waals surface area contributed by atoms with Crippen molar-refractivity contribution < 1.29 is 9.18 Å². The van der Waals surface area contributed by atoms with Gasteiger partial charge in [-0.1, -0.05) is 30.3 Å². The number of hydrogen-bond donors (Lipinski definition) is 2. The number of carbonyl (C=O) groups excluding carboxylic acids is 1. The molecule has 0 saturated carbocycles. The van der Waals surface area contributed by atoms with Gasteiger partial charge in [-0.2, -0.15) is 5.10 Å². The van der Waals surface area contributed by atoms with E-state index in [-0.39, 0.29) is 18.1 Å². The highest BCUT2D eigenvalue weighted by molar-refractivity contribution is 5.99. The number of halogens is 1. The molecule has 3 rings (SSSR count). The quantitative estimate of drug-likeness (QED) is 0.564. The lowest BCUT2D eigenvalue weighted by molar-refractivity contribution is -0.120. The fourth-order valence-electron chi connectivity index (χ4n) is 2.20. The van der Waals surface area contributed by atoms with Gasteiger partial charge in [0.1, 0.15) is 5.82 Å². The first kappa shape index (κ1) is 14.0. The lowest BCUT2D eigenvalue weighted by atomic mass is 10.1. The summed E-state index contributed by atoms with van der Waals surface area (Å²) in [5, 5.41) is 5.00. The third kappa shape index (κ3) is 3.20. The molecule has 0 spiro atoms. The van der Waals surface area contributed by atoms with Crippen LogP contribution in [0.25, 0.3) is 10.9 Å². The first-order chi connectivity index (χ1) is 10.7. The summed E-state index contributed by atoms with van der Waals surface area (Å²) in [4.78, 5) is 14.9. The third-order valence-corrected chi connectivity index (χ3v) is 3.29. The Morgan fingerprint density at radius 1 is 1.18 bits per heavy atom. The van der Waals surface area contributed by atoms with Gasteiger partial charge in [0, 0.05) is 22.7 Å². The highest BCUT2D eigenvalue weighted by atomic mass is 19.1. The largest absolute Gasteiger partial charge is 0.361 e. The Balaban J connectivity index is 1.62. The average Bonchev–Trinajstić information content (AvgIpc) is 2.93. The van der Waals surface area contributed by atoms with Crippen LogP contribution in [0.2, 0.25) is 0 Å². The van der Waals surface area contributed by atoms with E-state index in [1.54, 1.807) is 18.3 Å². The number of carbonyl (C=O) groups is 1. The molecular formula is C17H14FN3O. The summed E-state index contributed by atoms with van der Waals surface area (Å²) in [6.07, 6.45) is 3.59. The summed E-state index contributed by atoms with van der Waals surface area (Å²) >= 11 is 0. The second kappa shape index (κ2) is 6.22. The Morgan fingerprint density at radius 3 is 2.77 bits per heavy atom. The van der Waals surface area contributed by atoms with Crippen LogP contribution in [0, 0.1) is 5.82 Å². The zero-order valence-corrected chi connectivity index (χ0v) is 11.7. The van der Waals surface area contributed by atoms with Crippen molar-refractivity contribution >= 4 is 23.0 Å². The number of rotatable bonds is 4. The number of H-pyrrole nitrogens is 1.